The SMILES string of the molecule is C[C@H](NC1CCCN(C)C1)c1ccccn1. The van der Waals surface area contributed by atoms with Gasteiger partial charge in [-0.15, -0.1) is 0 Å². The highest BCUT2D eigenvalue weighted by Crippen LogP contribution is 2.14. The number of piperidine rings is 1. The molecule has 88 valence electrons. The molecule has 1 aliphatic heterocycles. The summed E-state index contributed by atoms with van der Waals surface area (Å²) in [4.78, 5) is 6.78. The van der Waals surface area contributed by atoms with Gasteiger partial charge in [0, 0.05) is 24.8 Å². The molecule has 1 aromatic heterocycles. The number of nitrogens with zero attached hydrogens (tertiary/aromatic N) is 2. The molecule has 1 unspecified atom stereocenters. The zero-order chi connectivity index (χ0) is 11.4. The first kappa shape index (κ1) is 11.6. The molecular weight excluding hydrogens is 198 g/mol. The molecule has 1 fully saturated rings. The Bertz CT molecular complexity index is 312. The number of hydrogen-bond donors (Lipinski definition) is 1. The maximum Gasteiger partial charge on any atom is 0.0570 e. The number of likely N-dealkylation sites (N-methyl/N-ethyl adjacent to an activating group) is 1. The van der Waals surface area contributed by atoms with E-state index in [1.807, 2.05) is 18.3 Å². The van der Waals surface area contributed by atoms with Gasteiger partial charge in [0.15, 0.2) is 0 Å². The van der Waals surface area contributed by atoms with Crippen molar-refractivity contribution >= 4 is 0 Å². The molecule has 1 aliphatic rings. The van der Waals surface area contributed by atoms with Crippen molar-refractivity contribution in [3.63, 3.8) is 0 Å². The monoisotopic (exact) mass is 219 g/mol. The molecule has 0 aliphatic carbocycles. The van der Waals surface area contributed by atoms with Gasteiger partial charge in [-0.3, -0.25) is 4.98 Å². The summed E-state index contributed by atoms with van der Waals surface area (Å²) in [6.07, 6.45) is 4.44. The fraction of sp³-hybridized carbons (Fsp3) is 0.615. The first-order valence-electron chi connectivity index (χ1n) is 6.11. The van der Waals surface area contributed by atoms with Crippen molar-refractivity contribution in [3.8, 4) is 0 Å². The molecule has 0 aromatic carbocycles. The summed E-state index contributed by atoms with van der Waals surface area (Å²) in [5, 5.41) is 3.66. The van der Waals surface area contributed by atoms with Gasteiger partial charge in [0.2, 0.25) is 0 Å². The molecule has 0 spiro atoms. The number of aromatic nitrogens is 1. The van der Waals surface area contributed by atoms with Gasteiger partial charge in [-0.05, 0) is 45.5 Å². The van der Waals surface area contributed by atoms with Crippen LogP contribution in [0.5, 0.6) is 0 Å². The molecule has 3 nitrogen and oxygen atoms in total. The quantitative estimate of drug-likeness (QED) is 0.840. The van der Waals surface area contributed by atoms with E-state index in [2.05, 4.69) is 35.2 Å². The Morgan fingerprint density at radius 1 is 1.50 bits per heavy atom. The highest BCUT2D eigenvalue weighted by Gasteiger charge is 2.19. The minimum absolute atomic E-state index is 0.345. The summed E-state index contributed by atoms with van der Waals surface area (Å²) in [7, 11) is 2.19. The van der Waals surface area contributed by atoms with Gasteiger partial charge in [-0.25, -0.2) is 0 Å². The van der Waals surface area contributed by atoms with E-state index in [-0.39, 0.29) is 0 Å². The van der Waals surface area contributed by atoms with E-state index in [9.17, 15) is 0 Å². The number of nitrogens with one attached hydrogen (secondary N) is 1. The zero-order valence-electron chi connectivity index (χ0n) is 10.2. The second-order valence-electron chi connectivity index (χ2n) is 4.74. The van der Waals surface area contributed by atoms with Crippen LogP contribution in [0, 0.1) is 0 Å². The van der Waals surface area contributed by atoms with E-state index in [4.69, 9.17) is 0 Å². The molecule has 3 heteroatoms. The fourth-order valence-electron chi connectivity index (χ4n) is 2.37. The van der Waals surface area contributed by atoms with Crippen LogP contribution in [0.25, 0.3) is 0 Å². The van der Waals surface area contributed by atoms with Crippen LogP contribution in [0.3, 0.4) is 0 Å². The van der Waals surface area contributed by atoms with Crippen LogP contribution in [-0.4, -0.2) is 36.1 Å². The molecule has 1 aromatic rings. The van der Waals surface area contributed by atoms with E-state index in [0.717, 1.165) is 12.2 Å². The molecule has 0 saturated carbocycles. The minimum Gasteiger partial charge on any atom is -0.305 e. The number of hydrogen-bond acceptors (Lipinski definition) is 3. The fourth-order valence-corrected chi connectivity index (χ4v) is 2.37. The summed E-state index contributed by atoms with van der Waals surface area (Å²) < 4.78 is 0. The Morgan fingerprint density at radius 2 is 2.38 bits per heavy atom. The third-order valence-corrected chi connectivity index (χ3v) is 3.24. The molecule has 2 rings (SSSR count). The normalized spacial score (nSPS) is 24.2. The van der Waals surface area contributed by atoms with Crippen molar-refractivity contribution in [2.24, 2.45) is 0 Å². The van der Waals surface area contributed by atoms with Crippen LogP contribution in [0.2, 0.25) is 0 Å². The molecule has 0 radical (unpaired) electrons. The van der Waals surface area contributed by atoms with Crippen LogP contribution < -0.4 is 5.32 Å². The molecule has 2 atom stereocenters. The number of likely N-dealkylation sites (tertiary alicyclic amines) is 1. The second-order valence-corrected chi connectivity index (χ2v) is 4.74. The van der Waals surface area contributed by atoms with Crippen molar-refractivity contribution in [2.45, 2.75) is 31.8 Å². The van der Waals surface area contributed by atoms with Crippen molar-refractivity contribution in [1.82, 2.24) is 15.2 Å². The van der Waals surface area contributed by atoms with Gasteiger partial charge in [0.25, 0.3) is 0 Å². The highest BCUT2D eigenvalue weighted by atomic mass is 15.1. The number of pyridine rings is 1. The average molecular weight is 219 g/mol. The van der Waals surface area contributed by atoms with Crippen molar-refractivity contribution in [3.05, 3.63) is 30.1 Å². The molecule has 0 amide bonds. The lowest BCUT2D eigenvalue weighted by Crippen LogP contribution is -2.44. The Labute approximate surface area is 97.9 Å². The third kappa shape index (κ3) is 3.03. The summed E-state index contributed by atoms with van der Waals surface area (Å²) >= 11 is 0. The van der Waals surface area contributed by atoms with Crippen LogP contribution >= 0.6 is 0 Å². The topological polar surface area (TPSA) is 28.2 Å². The van der Waals surface area contributed by atoms with Crippen LogP contribution in [-0.2, 0) is 0 Å². The smallest absolute Gasteiger partial charge is 0.0570 e. The summed E-state index contributed by atoms with van der Waals surface area (Å²) in [5.74, 6) is 0. The van der Waals surface area contributed by atoms with Gasteiger partial charge in [-0.2, -0.15) is 0 Å². The first-order chi connectivity index (χ1) is 7.75. The predicted octanol–water partition coefficient (Wildman–Crippen LogP) is 1.83. The standard InChI is InChI=1S/C13H21N3/c1-11(13-7-3-4-8-14-13)15-12-6-5-9-16(2)10-12/h3-4,7-8,11-12,15H,5-6,9-10H2,1-2H3/t11-,12?/m0/s1. The summed E-state index contributed by atoms with van der Waals surface area (Å²) in [6.45, 7) is 4.57. The Kier molecular flexibility index (Phi) is 3.91. The Hall–Kier alpha value is -0.930. The van der Waals surface area contributed by atoms with E-state index < -0.39 is 0 Å². The largest absolute Gasteiger partial charge is 0.305 e. The lowest BCUT2D eigenvalue weighted by atomic mass is 10.0. The lowest BCUT2D eigenvalue weighted by Gasteiger charge is -2.32. The van der Waals surface area contributed by atoms with Crippen LogP contribution in [0.4, 0.5) is 0 Å². The summed E-state index contributed by atoms with van der Waals surface area (Å²) in [6, 6.07) is 7.05. The van der Waals surface area contributed by atoms with E-state index >= 15 is 0 Å². The van der Waals surface area contributed by atoms with Crippen molar-refractivity contribution in [1.29, 1.82) is 0 Å². The average Bonchev–Trinajstić information content (AvgIpc) is 2.30. The molecule has 16 heavy (non-hydrogen) atoms. The lowest BCUT2D eigenvalue weighted by molar-refractivity contribution is 0.218. The Balaban J connectivity index is 1.89. The first-order valence-corrected chi connectivity index (χ1v) is 6.11. The van der Waals surface area contributed by atoms with Crippen molar-refractivity contribution < 1.29 is 0 Å². The maximum absolute atomic E-state index is 4.39. The maximum atomic E-state index is 4.39. The Morgan fingerprint density at radius 3 is 3.06 bits per heavy atom. The minimum atomic E-state index is 0.345. The zero-order valence-corrected chi connectivity index (χ0v) is 10.2. The van der Waals surface area contributed by atoms with Gasteiger partial charge < -0.3 is 10.2 Å². The van der Waals surface area contributed by atoms with E-state index in [1.165, 1.54) is 19.4 Å². The molecule has 1 saturated heterocycles. The van der Waals surface area contributed by atoms with Crippen LogP contribution in [0.15, 0.2) is 24.4 Å². The number of rotatable bonds is 3. The van der Waals surface area contributed by atoms with Crippen LogP contribution in [0.1, 0.15) is 31.5 Å². The van der Waals surface area contributed by atoms with Crippen molar-refractivity contribution in [2.75, 3.05) is 20.1 Å². The molecule has 2 heterocycles. The molecule has 0 bridgehead atoms. The third-order valence-electron chi connectivity index (χ3n) is 3.24. The van der Waals surface area contributed by atoms with E-state index in [0.29, 0.717) is 12.1 Å². The molecular formula is C13H21N3. The second kappa shape index (κ2) is 5.41. The van der Waals surface area contributed by atoms with E-state index in [1.54, 1.807) is 0 Å². The predicted molar refractivity (Wildman–Crippen MR) is 66.3 cm³/mol. The van der Waals surface area contributed by atoms with Gasteiger partial charge in [-0.1, -0.05) is 6.07 Å². The molecule has 1 N–H and O–H groups in total. The van der Waals surface area contributed by atoms with Gasteiger partial charge in [0.1, 0.15) is 0 Å². The van der Waals surface area contributed by atoms with Gasteiger partial charge in [0.05, 0.1) is 5.69 Å². The highest BCUT2D eigenvalue weighted by molar-refractivity contribution is 5.08. The summed E-state index contributed by atoms with van der Waals surface area (Å²) in [5.41, 5.74) is 1.13. The van der Waals surface area contributed by atoms with Gasteiger partial charge >= 0.3 is 0 Å².